The van der Waals surface area contributed by atoms with Crippen LogP contribution >= 0.6 is 7.14 Å². The van der Waals surface area contributed by atoms with E-state index < -0.39 is 17.0 Å². The molecule has 0 atom stereocenters. The topological polar surface area (TPSA) is 34.1 Å². The molecule has 0 bridgehead atoms. The Hall–Kier alpha value is 0.445. The van der Waals surface area contributed by atoms with Gasteiger partial charge in [0, 0.05) is 6.66 Å². The van der Waals surface area contributed by atoms with Crippen LogP contribution in [0.3, 0.4) is 0 Å². The number of rotatable bonds is 0. The van der Waals surface area contributed by atoms with Gasteiger partial charge in [0.25, 0.3) is 0 Å². The third-order valence-electron chi connectivity index (χ3n) is 1.83. The highest BCUT2D eigenvalue weighted by molar-refractivity contribution is 8.01. The van der Waals surface area contributed by atoms with Crippen molar-refractivity contribution in [1.29, 1.82) is 0 Å². The van der Waals surface area contributed by atoms with E-state index >= 15 is 0 Å². The standard InChI is InChI=1S/C5H11BO2PS/c1-9(6)2-4-10(7,8)5-3-9/h2-5H2,1H3/q+1. The SMILES string of the molecule is [B][P+]1(C)CCS(=O)(=O)CC1. The van der Waals surface area contributed by atoms with Crippen molar-refractivity contribution >= 4 is 24.5 Å². The van der Waals surface area contributed by atoms with E-state index in [1.54, 1.807) is 0 Å². The van der Waals surface area contributed by atoms with Crippen molar-refractivity contribution in [2.24, 2.45) is 0 Å². The molecule has 2 radical (unpaired) electrons. The Balaban J connectivity index is 2.63. The molecule has 1 heterocycles. The van der Waals surface area contributed by atoms with Crippen LogP contribution < -0.4 is 0 Å². The van der Waals surface area contributed by atoms with E-state index in [1.165, 1.54) is 0 Å². The Bertz CT molecular complexity index is 206. The summed E-state index contributed by atoms with van der Waals surface area (Å²) < 4.78 is 21.8. The number of hydrogen-bond donors (Lipinski definition) is 0. The Morgan fingerprint density at radius 1 is 1.30 bits per heavy atom. The Morgan fingerprint density at radius 2 is 1.70 bits per heavy atom. The van der Waals surface area contributed by atoms with Crippen molar-refractivity contribution in [2.45, 2.75) is 0 Å². The molecular formula is C5H11BO2PS+. The largest absolute Gasteiger partial charge is 0.364 e. The lowest BCUT2D eigenvalue weighted by Gasteiger charge is -2.22. The van der Waals surface area contributed by atoms with Crippen LogP contribution in [0.5, 0.6) is 0 Å². The van der Waals surface area contributed by atoms with E-state index in [4.69, 9.17) is 7.57 Å². The van der Waals surface area contributed by atoms with Crippen molar-refractivity contribution in [1.82, 2.24) is 0 Å². The van der Waals surface area contributed by atoms with Gasteiger partial charge in [0.2, 0.25) is 0 Å². The molecule has 56 valence electrons. The molecule has 5 heteroatoms. The summed E-state index contributed by atoms with van der Waals surface area (Å²) in [6, 6.07) is 0. The summed E-state index contributed by atoms with van der Waals surface area (Å²) in [6.45, 7) is 2.02. The molecule has 0 unspecified atom stereocenters. The van der Waals surface area contributed by atoms with Gasteiger partial charge in [-0.15, -0.1) is 0 Å². The fourth-order valence-corrected chi connectivity index (χ4v) is 6.90. The monoisotopic (exact) mass is 177 g/mol. The second kappa shape index (κ2) is 2.49. The van der Waals surface area contributed by atoms with Gasteiger partial charge in [-0.25, -0.2) is 8.42 Å². The van der Waals surface area contributed by atoms with Crippen molar-refractivity contribution < 1.29 is 8.42 Å². The first-order chi connectivity index (χ1) is 4.41. The van der Waals surface area contributed by atoms with Gasteiger partial charge in [0.15, 0.2) is 9.84 Å². The molecule has 2 nitrogen and oxygen atoms in total. The van der Waals surface area contributed by atoms with Gasteiger partial charge >= 0.3 is 7.57 Å². The van der Waals surface area contributed by atoms with E-state index in [0.29, 0.717) is 11.5 Å². The van der Waals surface area contributed by atoms with Gasteiger partial charge in [0.05, 0.1) is 23.8 Å². The van der Waals surface area contributed by atoms with Crippen LogP contribution in [0.25, 0.3) is 0 Å². The molecular weight excluding hydrogens is 166 g/mol. The molecule has 0 aromatic heterocycles. The first kappa shape index (κ1) is 8.54. The van der Waals surface area contributed by atoms with Crippen molar-refractivity contribution in [3.63, 3.8) is 0 Å². The maximum Gasteiger partial charge on any atom is 0.364 e. The lowest BCUT2D eigenvalue weighted by atomic mass is 10.7. The minimum atomic E-state index is -2.71. The molecule has 0 aromatic carbocycles. The first-order valence-electron chi connectivity index (χ1n) is 3.25. The predicted molar refractivity (Wildman–Crippen MR) is 47.0 cm³/mol. The minimum absolute atomic E-state index is 0.313. The maximum atomic E-state index is 10.9. The normalized spacial score (nSPS) is 29.7. The van der Waals surface area contributed by atoms with Gasteiger partial charge in [0.1, 0.15) is 0 Å². The highest BCUT2D eigenvalue weighted by Gasteiger charge is 2.34. The molecule has 10 heavy (non-hydrogen) atoms. The molecule has 0 aliphatic carbocycles. The van der Waals surface area contributed by atoms with Crippen molar-refractivity contribution in [3.05, 3.63) is 0 Å². The highest BCUT2D eigenvalue weighted by atomic mass is 32.2. The zero-order chi connectivity index (χ0) is 7.83. The van der Waals surface area contributed by atoms with Crippen LogP contribution in [-0.4, -0.2) is 46.5 Å². The van der Waals surface area contributed by atoms with Crippen molar-refractivity contribution in [3.8, 4) is 0 Å². The third-order valence-corrected chi connectivity index (χ3v) is 6.57. The van der Waals surface area contributed by atoms with E-state index in [-0.39, 0.29) is 0 Å². The fourth-order valence-electron chi connectivity index (χ4n) is 0.909. The average molecular weight is 177 g/mol. The van der Waals surface area contributed by atoms with Crippen LogP contribution in [0.2, 0.25) is 0 Å². The average Bonchev–Trinajstić information content (AvgIpc) is 1.79. The molecule has 0 amide bonds. The molecule has 1 aliphatic heterocycles. The van der Waals surface area contributed by atoms with Gasteiger partial charge in [-0.1, -0.05) is 0 Å². The zero-order valence-corrected chi connectivity index (χ0v) is 7.79. The van der Waals surface area contributed by atoms with E-state index in [0.717, 1.165) is 12.3 Å². The van der Waals surface area contributed by atoms with Gasteiger partial charge < -0.3 is 0 Å². The summed E-state index contributed by atoms with van der Waals surface area (Å²) in [5.74, 6) is 0.627. The van der Waals surface area contributed by atoms with Gasteiger partial charge in [-0.2, -0.15) is 0 Å². The Kier molecular flexibility index (Phi) is 2.13. The van der Waals surface area contributed by atoms with E-state index in [1.807, 2.05) is 6.66 Å². The molecule has 1 rings (SSSR count). The number of sulfone groups is 1. The van der Waals surface area contributed by atoms with Crippen LogP contribution in [0.1, 0.15) is 0 Å². The minimum Gasteiger partial charge on any atom is -0.229 e. The van der Waals surface area contributed by atoms with Crippen LogP contribution in [0.15, 0.2) is 0 Å². The molecule has 0 spiro atoms. The third kappa shape index (κ3) is 2.24. The van der Waals surface area contributed by atoms with Gasteiger partial charge in [-0.3, -0.25) is 0 Å². The predicted octanol–water partition coefficient (Wildman–Crippen LogP) is 0.146. The van der Waals surface area contributed by atoms with E-state index in [9.17, 15) is 8.42 Å². The van der Waals surface area contributed by atoms with E-state index in [2.05, 4.69) is 0 Å². The maximum absolute atomic E-state index is 10.9. The summed E-state index contributed by atoms with van der Waals surface area (Å²) in [6.07, 6.45) is 1.44. The highest BCUT2D eigenvalue weighted by Crippen LogP contribution is 2.51. The van der Waals surface area contributed by atoms with Crippen LogP contribution in [-0.2, 0) is 9.84 Å². The summed E-state index contributed by atoms with van der Waals surface area (Å²) in [5.41, 5.74) is 0. The van der Waals surface area contributed by atoms with Crippen LogP contribution in [0, 0.1) is 0 Å². The zero-order valence-electron chi connectivity index (χ0n) is 6.08. The second-order valence-corrected chi connectivity index (χ2v) is 9.24. The molecule has 0 N–H and O–H groups in total. The molecule has 0 aromatic rings. The Morgan fingerprint density at radius 3 is 2.00 bits per heavy atom. The first-order valence-corrected chi connectivity index (χ1v) is 7.75. The summed E-state index contributed by atoms with van der Waals surface area (Å²) >= 11 is 0. The fraction of sp³-hybridized carbons (Fsp3) is 1.00. The van der Waals surface area contributed by atoms with Crippen LogP contribution in [0.4, 0.5) is 0 Å². The Labute approximate surface area is 64.0 Å². The molecule has 0 saturated carbocycles. The number of hydrogen-bond acceptors (Lipinski definition) is 2. The summed E-state index contributed by atoms with van der Waals surface area (Å²) in [7, 11) is 1.84. The second-order valence-electron chi connectivity index (χ2n) is 3.08. The summed E-state index contributed by atoms with van der Waals surface area (Å²) in [4.78, 5) is 0. The van der Waals surface area contributed by atoms with Crippen molar-refractivity contribution in [2.75, 3.05) is 30.5 Å². The lowest BCUT2D eigenvalue weighted by Crippen LogP contribution is -2.26. The molecule has 1 saturated heterocycles. The quantitative estimate of drug-likeness (QED) is 0.389. The molecule has 1 fully saturated rings. The lowest BCUT2D eigenvalue weighted by molar-refractivity contribution is 0.598. The summed E-state index contributed by atoms with van der Waals surface area (Å²) in [5, 5.41) is 0. The van der Waals surface area contributed by atoms with Gasteiger partial charge in [-0.05, 0) is 7.14 Å². The smallest absolute Gasteiger partial charge is 0.229 e. The molecule has 1 aliphatic rings.